The Morgan fingerprint density at radius 2 is 1.94 bits per heavy atom. The topological polar surface area (TPSA) is 32.5 Å². The minimum Gasteiger partial charge on any atom is -0.327 e. The molecule has 3 nitrogen and oxygen atoms in total. The van der Waals surface area contributed by atoms with Gasteiger partial charge in [0.05, 0.1) is 0 Å². The predicted octanol–water partition coefficient (Wildman–Crippen LogP) is 1.28. The van der Waals surface area contributed by atoms with Gasteiger partial charge in [0.25, 0.3) is 0 Å². The summed E-state index contributed by atoms with van der Waals surface area (Å²) in [7, 11) is 0. The van der Waals surface area contributed by atoms with E-state index in [-0.39, 0.29) is 0 Å². The highest BCUT2D eigenvalue weighted by atomic mass is 15.3. The molecule has 2 heterocycles. The Hall–Kier alpha value is -0.120. The normalized spacial score (nSPS) is 33.4. The molecule has 3 heteroatoms. The van der Waals surface area contributed by atoms with Gasteiger partial charge in [0.15, 0.2) is 0 Å². The van der Waals surface area contributed by atoms with Gasteiger partial charge >= 0.3 is 0 Å². The molecule has 2 saturated heterocycles. The van der Waals surface area contributed by atoms with E-state index in [0.29, 0.717) is 6.04 Å². The van der Waals surface area contributed by atoms with Crippen LogP contribution in [0.2, 0.25) is 0 Å². The molecular formula is C14H27N3. The standard InChI is InChI=1S/C14H27N3/c15-14(12-4-5-12)6-8-16-9-10-17-7-2-1-3-13(17)11-16/h12-14H,1-11,15H2. The lowest BCUT2D eigenvalue weighted by atomic mass is 9.99. The molecular weight excluding hydrogens is 210 g/mol. The van der Waals surface area contributed by atoms with Crippen LogP contribution in [0.3, 0.4) is 0 Å². The zero-order chi connectivity index (χ0) is 11.7. The Morgan fingerprint density at radius 3 is 2.76 bits per heavy atom. The van der Waals surface area contributed by atoms with Crippen LogP contribution in [0.25, 0.3) is 0 Å². The van der Waals surface area contributed by atoms with Gasteiger partial charge in [-0.1, -0.05) is 6.42 Å². The Balaban J connectivity index is 1.42. The summed E-state index contributed by atoms with van der Waals surface area (Å²) in [6, 6.07) is 1.34. The van der Waals surface area contributed by atoms with Gasteiger partial charge in [0.2, 0.25) is 0 Å². The minimum atomic E-state index is 0.486. The molecule has 0 spiro atoms. The van der Waals surface area contributed by atoms with E-state index in [9.17, 15) is 0 Å². The van der Waals surface area contributed by atoms with Crippen molar-refractivity contribution in [3.8, 4) is 0 Å². The first-order valence-corrected chi connectivity index (χ1v) is 7.55. The molecule has 2 aliphatic heterocycles. The first-order chi connectivity index (χ1) is 8.33. The van der Waals surface area contributed by atoms with E-state index in [0.717, 1.165) is 12.0 Å². The first-order valence-electron chi connectivity index (χ1n) is 7.55. The lowest BCUT2D eigenvalue weighted by Gasteiger charge is -2.44. The molecule has 0 amide bonds. The number of hydrogen-bond acceptors (Lipinski definition) is 3. The van der Waals surface area contributed by atoms with Crippen molar-refractivity contribution in [2.45, 2.75) is 50.6 Å². The minimum absolute atomic E-state index is 0.486. The highest BCUT2D eigenvalue weighted by Crippen LogP contribution is 2.33. The van der Waals surface area contributed by atoms with E-state index in [1.807, 2.05) is 0 Å². The number of fused-ring (bicyclic) bond motifs is 1. The first kappa shape index (κ1) is 11.9. The maximum absolute atomic E-state index is 6.19. The van der Waals surface area contributed by atoms with E-state index in [1.54, 1.807) is 0 Å². The van der Waals surface area contributed by atoms with Crippen LogP contribution in [0.4, 0.5) is 0 Å². The molecule has 17 heavy (non-hydrogen) atoms. The van der Waals surface area contributed by atoms with E-state index >= 15 is 0 Å². The SMILES string of the molecule is NC(CCN1CCN2CCCCC2C1)C1CC1. The van der Waals surface area contributed by atoms with Crippen LogP contribution in [0.5, 0.6) is 0 Å². The van der Waals surface area contributed by atoms with Gasteiger partial charge < -0.3 is 10.6 Å². The summed E-state index contributed by atoms with van der Waals surface area (Å²) in [5, 5.41) is 0. The molecule has 2 N–H and O–H groups in total. The highest BCUT2D eigenvalue weighted by molar-refractivity contribution is 4.87. The zero-order valence-corrected chi connectivity index (χ0v) is 11.0. The van der Waals surface area contributed by atoms with E-state index in [2.05, 4.69) is 9.80 Å². The van der Waals surface area contributed by atoms with Gasteiger partial charge in [0.1, 0.15) is 0 Å². The van der Waals surface area contributed by atoms with Crippen molar-refractivity contribution in [3.63, 3.8) is 0 Å². The van der Waals surface area contributed by atoms with Crippen LogP contribution in [0, 0.1) is 5.92 Å². The molecule has 98 valence electrons. The zero-order valence-electron chi connectivity index (χ0n) is 11.0. The smallest absolute Gasteiger partial charge is 0.0223 e. The third-order valence-electron chi connectivity index (χ3n) is 4.93. The molecule has 3 aliphatic rings. The molecule has 2 unspecified atom stereocenters. The largest absolute Gasteiger partial charge is 0.327 e. The molecule has 0 aromatic rings. The quantitative estimate of drug-likeness (QED) is 0.799. The van der Waals surface area contributed by atoms with Crippen LogP contribution in [0.1, 0.15) is 38.5 Å². The van der Waals surface area contributed by atoms with Crippen LogP contribution in [-0.4, -0.2) is 54.6 Å². The Labute approximate surface area is 105 Å². The lowest BCUT2D eigenvalue weighted by Crippen LogP contribution is -2.55. The molecule has 1 saturated carbocycles. The third kappa shape index (κ3) is 3.01. The predicted molar refractivity (Wildman–Crippen MR) is 71.0 cm³/mol. The second-order valence-electron chi connectivity index (χ2n) is 6.28. The van der Waals surface area contributed by atoms with Crippen LogP contribution in [0.15, 0.2) is 0 Å². The van der Waals surface area contributed by atoms with Crippen molar-refractivity contribution in [2.75, 3.05) is 32.7 Å². The number of nitrogens with two attached hydrogens (primary N) is 1. The fraction of sp³-hybridized carbons (Fsp3) is 1.00. The summed E-state index contributed by atoms with van der Waals surface area (Å²) in [6.07, 6.45) is 8.28. The van der Waals surface area contributed by atoms with E-state index < -0.39 is 0 Å². The lowest BCUT2D eigenvalue weighted by molar-refractivity contribution is 0.0478. The fourth-order valence-electron chi connectivity index (χ4n) is 3.52. The molecule has 0 aromatic heterocycles. The van der Waals surface area contributed by atoms with Crippen molar-refractivity contribution in [1.29, 1.82) is 0 Å². The average molecular weight is 237 g/mol. The third-order valence-corrected chi connectivity index (χ3v) is 4.93. The molecule has 1 aliphatic carbocycles. The molecule has 3 fully saturated rings. The summed E-state index contributed by atoms with van der Waals surface area (Å²) in [5.41, 5.74) is 6.19. The van der Waals surface area contributed by atoms with Gasteiger partial charge in [-0.2, -0.15) is 0 Å². The van der Waals surface area contributed by atoms with Gasteiger partial charge in [-0.3, -0.25) is 4.90 Å². The summed E-state index contributed by atoms with van der Waals surface area (Å²) >= 11 is 0. The average Bonchev–Trinajstić information content (AvgIpc) is 3.20. The van der Waals surface area contributed by atoms with Crippen molar-refractivity contribution in [3.05, 3.63) is 0 Å². The number of piperidine rings is 1. The second-order valence-corrected chi connectivity index (χ2v) is 6.28. The van der Waals surface area contributed by atoms with Gasteiger partial charge in [-0.25, -0.2) is 0 Å². The Kier molecular flexibility index (Phi) is 3.69. The number of nitrogens with zero attached hydrogens (tertiary/aromatic N) is 2. The second kappa shape index (κ2) is 5.25. The van der Waals surface area contributed by atoms with Crippen LogP contribution >= 0.6 is 0 Å². The molecule has 3 rings (SSSR count). The monoisotopic (exact) mass is 237 g/mol. The summed E-state index contributed by atoms with van der Waals surface area (Å²) in [4.78, 5) is 5.37. The maximum Gasteiger partial charge on any atom is 0.0223 e. The molecule has 0 bridgehead atoms. The van der Waals surface area contributed by atoms with Crippen LogP contribution in [-0.2, 0) is 0 Å². The maximum atomic E-state index is 6.19. The van der Waals surface area contributed by atoms with Crippen LogP contribution < -0.4 is 5.73 Å². The molecule has 0 radical (unpaired) electrons. The summed E-state index contributed by atoms with van der Waals surface area (Å²) in [6.45, 7) is 6.46. The summed E-state index contributed by atoms with van der Waals surface area (Å²) < 4.78 is 0. The summed E-state index contributed by atoms with van der Waals surface area (Å²) in [5.74, 6) is 0.867. The highest BCUT2D eigenvalue weighted by Gasteiger charge is 2.31. The molecule has 2 atom stereocenters. The number of piperazine rings is 1. The van der Waals surface area contributed by atoms with Gasteiger partial charge in [-0.15, -0.1) is 0 Å². The Bertz CT molecular complexity index is 252. The van der Waals surface area contributed by atoms with E-state index in [4.69, 9.17) is 5.73 Å². The van der Waals surface area contributed by atoms with Crippen molar-refractivity contribution in [1.82, 2.24) is 9.80 Å². The fourth-order valence-corrected chi connectivity index (χ4v) is 3.52. The Morgan fingerprint density at radius 1 is 1.06 bits per heavy atom. The van der Waals surface area contributed by atoms with Crippen molar-refractivity contribution >= 4 is 0 Å². The number of rotatable bonds is 4. The number of hydrogen-bond donors (Lipinski definition) is 1. The molecule has 0 aromatic carbocycles. The van der Waals surface area contributed by atoms with E-state index in [1.165, 1.54) is 71.2 Å². The van der Waals surface area contributed by atoms with Crippen molar-refractivity contribution < 1.29 is 0 Å². The van der Waals surface area contributed by atoms with Gasteiger partial charge in [-0.05, 0) is 51.1 Å². The van der Waals surface area contributed by atoms with Gasteiger partial charge in [0, 0.05) is 31.7 Å². The van der Waals surface area contributed by atoms with Crippen molar-refractivity contribution in [2.24, 2.45) is 11.7 Å².